The van der Waals surface area contributed by atoms with Crippen molar-refractivity contribution in [3.05, 3.63) is 29.3 Å². The number of benzene rings is 1. The Kier molecular flexibility index (Phi) is 5.37. The van der Waals surface area contributed by atoms with E-state index in [0.29, 0.717) is 0 Å². The van der Waals surface area contributed by atoms with E-state index in [1.165, 1.54) is 12.5 Å². The van der Waals surface area contributed by atoms with Crippen LogP contribution in [0.2, 0.25) is 0 Å². The second-order valence-corrected chi connectivity index (χ2v) is 9.15. The monoisotopic (exact) mass is 378 g/mol. The lowest BCUT2D eigenvalue weighted by Crippen LogP contribution is -2.50. The summed E-state index contributed by atoms with van der Waals surface area (Å²) in [6.07, 6.45) is 5.45. The topological polar surface area (TPSA) is 83.6 Å². The van der Waals surface area contributed by atoms with E-state index >= 15 is 0 Å². The first kappa shape index (κ1) is 18.9. The second-order valence-electron chi connectivity index (χ2n) is 7.34. The summed E-state index contributed by atoms with van der Waals surface area (Å²) in [6, 6.07) is 3.92. The summed E-state index contributed by atoms with van der Waals surface area (Å²) >= 11 is 0. The van der Waals surface area contributed by atoms with Gasteiger partial charge < -0.3 is 5.32 Å². The van der Waals surface area contributed by atoms with Crippen molar-refractivity contribution in [2.24, 2.45) is 0 Å². The predicted molar refractivity (Wildman–Crippen MR) is 98.0 cm³/mol. The zero-order valence-electron chi connectivity index (χ0n) is 15.3. The summed E-state index contributed by atoms with van der Waals surface area (Å²) in [7, 11) is -4.04. The fourth-order valence-corrected chi connectivity index (χ4v) is 5.42. The van der Waals surface area contributed by atoms with Crippen LogP contribution in [-0.2, 0) is 19.6 Å². The Morgan fingerprint density at radius 2 is 1.77 bits per heavy atom. The number of rotatable bonds is 4. The molecule has 0 aromatic heterocycles. The molecule has 1 saturated heterocycles. The smallest absolute Gasteiger partial charge is 0.267 e. The van der Waals surface area contributed by atoms with Crippen molar-refractivity contribution >= 4 is 21.8 Å². The molecular formula is C19H26N2O4S. The van der Waals surface area contributed by atoms with Gasteiger partial charge in [-0.15, -0.1) is 0 Å². The molecule has 1 atom stereocenters. The number of carbonyl (C=O) groups is 2. The summed E-state index contributed by atoms with van der Waals surface area (Å²) in [4.78, 5) is 25.1. The summed E-state index contributed by atoms with van der Waals surface area (Å²) in [6.45, 7) is 3.72. The summed E-state index contributed by atoms with van der Waals surface area (Å²) in [5.74, 6) is -0.859. The van der Waals surface area contributed by atoms with Crippen molar-refractivity contribution in [3.63, 3.8) is 0 Å². The zero-order valence-corrected chi connectivity index (χ0v) is 16.1. The van der Waals surface area contributed by atoms with E-state index in [-0.39, 0.29) is 29.7 Å². The molecular weight excluding hydrogens is 352 g/mol. The Hall–Kier alpha value is -1.89. The van der Waals surface area contributed by atoms with Crippen LogP contribution in [0.15, 0.2) is 23.1 Å². The Balaban J connectivity index is 1.84. The highest BCUT2D eigenvalue weighted by molar-refractivity contribution is 7.89. The molecule has 7 heteroatoms. The zero-order chi connectivity index (χ0) is 18.9. The molecule has 0 radical (unpaired) electrons. The largest absolute Gasteiger partial charge is 0.352 e. The Morgan fingerprint density at radius 1 is 1.08 bits per heavy atom. The first-order valence-corrected chi connectivity index (χ1v) is 10.7. The molecule has 0 bridgehead atoms. The van der Waals surface area contributed by atoms with E-state index in [1.54, 1.807) is 12.1 Å². The normalized spacial score (nSPS) is 21.8. The lowest BCUT2D eigenvalue weighted by atomic mass is 9.95. The molecule has 142 valence electrons. The van der Waals surface area contributed by atoms with Gasteiger partial charge in [-0.1, -0.05) is 25.3 Å². The van der Waals surface area contributed by atoms with E-state index < -0.39 is 22.0 Å². The SMILES string of the molecule is Cc1ccc(S(=O)(=O)N2C(=O)CCC2C(=O)NC2CCCCC2)cc1C. The first-order chi connectivity index (χ1) is 12.3. The van der Waals surface area contributed by atoms with Crippen molar-refractivity contribution in [1.29, 1.82) is 0 Å². The summed E-state index contributed by atoms with van der Waals surface area (Å²) in [5.41, 5.74) is 1.81. The molecule has 1 aliphatic heterocycles. The van der Waals surface area contributed by atoms with E-state index in [0.717, 1.165) is 41.1 Å². The minimum atomic E-state index is -4.04. The van der Waals surface area contributed by atoms with E-state index in [1.807, 2.05) is 13.8 Å². The molecule has 3 rings (SSSR count). The van der Waals surface area contributed by atoms with Gasteiger partial charge in [-0.3, -0.25) is 9.59 Å². The number of hydrogen-bond donors (Lipinski definition) is 1. The number of aryl methyl sites for hydroxylation is 2. The van der Waals surface area contributed by atoms with Gasteiger partial charge >= 0.3 is 0 Å². The van der Waals surface area contributed by atoms with Crippen LogP contribution < -0.4 is 5.32 Å². The van der Waals surface area contributed by atoms with Crippen LogP contribution in [0.25, 0.3) is 0 Å². The van der Waals surface area contributed by atoms with Gasteiger partial charge in [-0.05, 0) is 56.4 Å². The van der Waals surface area contributed by atoms with Crippen molar-refractivity contribution in [1.82, 2.24) is 9.62 Å². The maximum atomic E-state index is 13.0. The highest BCUT2D eigenvalue weighted by Crippen LogP contribution is 2.29. The number of hydrogen-bond acceptors (Lipinski definition) is 4. The Bertz CT molecular complexity index is 813. The minimum absolute atomic E-state index is 0.0614. The molecule has 1 saturated carbocycles. The lowest BCUT2D eigenvalue weighted by molar-refractivity contribution is -0.131. The predicted octanol–water partition coefficient (Wildman–Crippen LogP) is 2.43. The average Bonchev–Trinajstić information content (AvgIpc) is 3.00. The quantitative estimate of drug-likeness (QED) is 0.872. The van der Waals surface area contributed by atoms with E-state index in [9.17, 15) is 18.0 Å². The number of carbonyl (C=O) groups excluding carboxylic acids is 2. The third-order valence-electron chi connectivity index (χ3n) is 5.45. The van der Waals surface area contributed by atoms with Crippen LogP contribution in [0.4, 0.5) is 0 Å². The number of nitrogens with zero attached hydrogens (tertiary/aromatic N) is 1. The van der Waals surface area contributed by atoms with Crippen LogP contribution in [0.5, 0.6) is 0 Å². The van der Waals surface area contributed by atoms with Crippen LogP contribution >= 0.6 is 0 Å². The van der Waals surface area contributed by atoms with Crippen LogP contribution in [0.3, 0.4) is 0 Å². The van der Waals surface area contributed by atoms with Crippen LogP contribution in [0, 0.1) is 13.8 Å². The van der Waals surface area contributed by atoms with Crippen molar-refractivity contribution in [3.8, 4) is 0 Å². The molecule has 1 N–H and O–H groups in total. The fourth-order valence-electron chi connectivity index (χ4n) is 3.73. The molecule has 2 amide bonds. The maximum Gasteiger partial charge on any atom is 0.267 e. The average molecular weight is 378 g/mol. The van der Waals surface area contributed by atoms with Gasteiger partial charge in [0.25, 0.3) is 10.0 Å². The van der Waals surface area contributed by atoms with E-state index in [2.05, 4.69) is 5.32 Å². The molecule has 26 heavy (non-hydrogen) atoms. The first-order valence-electron chi connectivity index (χ1n) is 9.25. The standard InChI is InChI=1S/C19H26N2O4S/c1-13-8-9-16(12-14(13)2)26(24,25)21-17(10-11-18(21)22)19(23)20-15-6-4-3-5-7-15/h8-9,12,15,17H,3-7,10-11H2,1-2H3,(H,20,23). The maximum absolute atomic E-state index is 13.0. The lowest BCUT2D eigenvalue weighted by Gasteiger charge is -2.28. The molecule has 0 spiro atoms. The number of nitrogens with one attached hydrogen (secondary N) is 1. The van der Waals surface area contributed by atoms with Gasteiger partial charge in [-0.2, -0.15) is 0 Å². The second kappa shape index (κ2) is 7.39. The van der Waals surface area contributed by atoms with Crippen molar-refractivity contribution in [2.45, 2.75) is 75.8 Å². The molecule has 1 aromatic carbocycles. The van der Waals surface area contributed by atoms with Crippen LogP contribution in [-0.4, -0.2) is 36.6 Å². The highest BCUT2D eigenvalue weighted by atomic mass is 32.2. The highest BCUT2D eigenvalue weighted by Gasteiger charge is 2.44. The minimum Gasteiger partial charge on any atom is -0.352 e. The van der Waals surface area contributed by atoms with Crippen molar-refractivity contribution < 1.29 is 18.0 Å². The molecule has 2 fully saturated rings. The van der Waals surface area contributed by atoms with E-state index in [4.69, 9.17) is 0 Å². The van der Waals surface area contributed by atoms with Crippen LogP contribution in [0.1, 0.15) is 56.1 Å². The molecule has 1 aliphatic carbocycles. The van der Waals surface area contributed by atoms with Crippen molar-refractivity contribution in [2.75, 3.05) is 0 Å². The molecule has 1 unspecified atom stereocenters. The summed E-state index contributed by atoms with van der Waals surface area (Å²) < 4.78 is 26.9. The Labute approximate surface area is 155 Å². The van der Waals surface area contributed by atoms with Gasteiger partial charge in [0, 0.05) is 12.5 Å². The molecule has 2 aliphatic rings. The molecule has 6 nitrogen and oxygen atoms in total. The van der Waals surface area contributed by atoms with Gasteiger partial charge in [0.05, 0.1) is 4.90 Å². The number of sulfonamides is 1. The van der Waals surface area contributed by atoms with Gasteiger partial charge in [0.2, 0.25) is 11.8 Å². The van der Waals surface area contributed by atoms with Gasteiger partial charge in [0.15, 0.2) is 0 Å². The number of amides is 2. The van der Waals surface area contributed by atoms with Gasteiger partial charge in [0.1, 0.15) is 6.04 Å². The fraction of sp³-hybridized carbons (Fsp3) is 0.579. The van der Waals surface area contributed by atoms with Gasteiger partial charge in [-0.25, -0.2) is 12.7 Å². The third kappa shape index (κ3) is 3.63. The third-order valence-corrected chi connectivity index (χ3v) is 7.28. The molecule has 1 heterocycles. The Morgan fingerprint density at radius 3 is 2.42 bits per heavy atom. The molecule has 1 aromatic rings. The summed E-state index contributed by atoms with van der Waals surface area (Å²) in [5, 5.41) is 2.96.